The SMILES string of the molecule is CSc1ccc(C)c(-c2nn(CC(=O)N3CCN(CC4CCN(CC(=O)N(C)C)CC4)CC3)cc2NC(=O)c2cnn3cccnc23)c1. The van der Waals surface area contributed by atoms with Gasteiger partial charge in [-0.05, 0) is 68.8 Å². The highest BCUT2D eigenvalue weighted by Crippen LogP contribution is 2.33. The standard InChI is InChI=1S/C34H44N10O3S/c1-24-6-7-26(48-4)18-27(24)32-29(37-34(47)28-19-36-44-11-5-10-35-33(28)44)21-43(38-32)23-31(46)42-16-14-41(15-17-42)20-25-8-12-40(13-9-25)22-30(45)39(2)3/h5-7,10-11,18-19,21,25H,8-9,12-17,20,22-23H2,1-4H3,(H,37,47). The predicted octanol–water partition coefficient (Wildman–Crippen LogP) is 2.82. The minimum Gasteiger partial charge on any atom is -0.348 e. The van der Waals surface area contributed by atoms with E-state index in [-0.39, 0.29) is 24.3 Å². The summed E-state index contributed by atoms with van der Waals surface area (Å²) in [5.74, 6) is 0.418. The minimum absolute atomic E-state index is 0.00172. The minimum atomic E-state index is -0.349. The molecule has 0 aliphatic carbocycles. The molecule has 0 saturated carbocycles. The fraction of sp³-hybridized carbons (Fsp3) is 0.471. The van der Waals surface area contributed by atoms with Crippen LogP contribution in [0.25, 0.3) is 16.9 Å². The summed E-state index contributed by atoms with van der Waals surface area (Å²) in [6.45, 7) is 8.53. The number of likely N-dealkylation sites (tertiary alicyclic amines) is 1. The van der Waals surface area contributed by atoms with Crippen molar-refractivity contribution in [3.05, 3.63) is 60.2 Å². The van der Waals surface area contributed by atoms with Crippen molar-refractivity contribution in [1.82, 2.24) is 44.0 Å². The van der Waals surface area contributed by atoms with Crippen molar-refractivity contribution < 1.29 is 14.4 Å². The van der Waals surface area contributed by atoms with Crippen LogP contribution in [0.15, 0.2) is 53.9 Å². The molecule has 254 valence electrons. The van der Waals surface area contributed by atoms with Gasteiger partial charge in [0.25, 0.3) is 5.91 Å². The number of benzene rings is 1. The fourth-order valence-corrected chi connectivity index (χ4v) is 6.84. The number of nitrogens with zero attached hydrogens (tertiary/aromatic N) is 9. The van der Waals surface area contributed by atoms with E-state index in [4.69, 9.17) is 5.10 Å². The van der Waals surface area contributed by atoms with Gasteiger partial charge in [0, 0.05) is 75.9 Å². The highest BCUT2D eigenvalue weighted by atomic mass is 32.2. The van der Waals surface area contributed by atoms with Gasteiger partial charge in [-0.25, -0.2) is 9.50 Å². The van der Waals surface area contributed by atoms with Gasteiger partial charge in [0.05, 0.1) is 18.4 Å². The van der Waals surface area contributed by atoms with E-state index in [1.165, 1.54) is 6.20 Å². The van der Waals surface area contributed by atoms with Crippen LogP contribution in [0.1, 0.15) is 28.8 Å². The van der Waals surface area contributed by atoms with Crippen LogP contribution >= 0.6 is 11.8 Å². The number of thioether (sulfide) groups is 1. The second kappa shape index (κ2) is 14.9. The van der Waals surface area contributed by atoms with Crippen molar-refractivity contribution >= 4 is 40.8 Å². The summed E-state index contributed by atoms with van der Waals surface area (Å²) < 4.78 is 3.19. The Kier molecular flexibility index (Phi) is 10.4. The number of anilines is 1. The summed E-state index contributed by atoms with van der Waals surface area (Å²) in [4.78, 5) is 52.7. The lowest BCUT2D eigenvalue weighted by molar-refractivity contribution is -0.134. The van der Waals surface area contributed by atoms with Crippen molar-refractivity contribution in [2.75, 3.05) is 78.0 Å². The van der Waals surface area contributed by atoms with E-state index >= 15 is 0 Å². The number of piperidine rings is 1. The zero-order valence-electron chi connectivity index (χ0n) is 28.1. The molecule has 0 atom stereocenters. The Morgan fingerprint density at radius 3 is 2.52 bits per heavy atom. The molecule has 4 aromatic rings. The quantitative estimate of drug-likeness (QED) is 0.254. The molecule has 2 aliphatic rings. The number of carbonyl (C=O) groups excluding carboxylic acids is 3. The Morgan fingerprint density at radius 2 is 1.79 bits per heavy atom. The molecular weight excluding hydrogens is 629 g/mol. The number of aromatic nitrogens is 5. The average Bonchev–Trinajstić information content (AvgIpc) is 3.70. The number of rotatable bonds is 10. The lowest BCUT2D eigenvalue weighted by Crippen LogP contribution is -2.51. The van der Waals surface area contributed by atoms with Gasteiger partial charge in [-0.1, -0.05) is 6.07 Å². The third kappa shape index (κ3) is 7.71. The molecular formula is C34H44N10O3S. The van der Waals surface area contributed by atoms with Gasteiger partial charge < -0.3 is 15.1 Å². The molecule has 0 spiro atoms. The van der Waals surface area contributed by atoms with Gasteiger partial charge >= 0.3 is 0 Å². The van der Waals surface area contributed by atoms with Crippen molar-refractivity contribution in [2.45, 2.75) is 31.2 Å². The molecule has 6 rings (SSSR count). The molecule has 0 bridgehead atoms. The molecule has 5 heterocycles. The van der Waals surface area contributed by atoms with Crippen molar-refractivity contribution in [3.8, 4) is 11.3 Å². The first-order chi connectivity index (χ1) is 23.2. The summed E-state index contributed by atoms with van der Waals surface area (Å²) in [6.07, 6.45) is 10.8. The molecule has 3 amide bonds. The zero-order valence-corrected chi connectivity index (χ0v) is 28.9. The number of hydrogen-bond acceptors (Lipinski definition) is 9. The van der Waals surface area contributed by atoms with E-state index in [0.717, 1.165) is 61.6 Å². The monoisotopic (exact) mass is 672 g/mol. The number of piperazine rings is 1. The van der Waals surface area contributed by atoms with Gasteiger partial charge in [-0.3, -0.25) is 28.9 Å². The lowest BCUT2D eigenvalue weighted by atomic mass is 9.96. The molecule has 0 unspecified atom stereocenters. The van der Waals surface area contributed by atoms with Crippen LogP contribution in [0.4, 0.5) is 5.69 Å². The molecule has 2 saturated heterocycles. The molecule has 3 aromatic heterocycles. The molecule has 0 radical (unpaired) electrons. The maximum Gasteiger partial charge on any atom is 0.261 e. The van der Waals surface area contributed by atoms with E-state index in [0.29, 0.717) is 48.1 Å². The lowest BCUT2D eigenvalue weighted by Gasteiger charge is -2.38. The van der Waals surface area contributed by atoms with Crippen molar-refractivity contribution in [1.29, 1.82) is 0 Å². The molecule has 48 heavy (non-hydrogen) atoms. The zero-order chi connectivity index (χ0) is 33.8. The fourth-order valence-electron chi connectivity index (χ4n) is 6.40. The molecule has 1 N–H and O–H groups in total. The smallest absolute Gasteiger partial charge is 0.261 e. The average molecular weight is 673 g/mol. The Hall–Kier alpha value is -4.27. The Balaban J connectivity index is 1.09. The highest BCUT2D eigenvalue weighted by Gasteiger charge is 2.27. The van der Waals surface area contributed by atoms with Crippen molar-refractivity contribution in [2.24, 2.45) is 5.92 Å². The van der Waals surface area contributed by atoms with Crippen LogP contribution in [0.2, 0.25) is 0 Å². The van der Waals surface area contributed by atoms with Crippen LogP contribution in [-0.2, 0) is 16.1 Å². The first-order valence-electron chi connectivity index (χ1n) is 16.4. The van der Waals surface area contributed by atoms with E-state index in [2.05, 4.69) is 37.3 Å². The number of nitrogens with one attached hydrogen (secondary N) is 1. The number of hydrogen-bond donors (Lipinski definition) is 1. The Labute approximate surface area is 285 Å². The third-order valence-corrected chi connectivity index (χ3v) is 10.1. The molecule has 2 aliphatic heterocycles. The molecule has 13 nitrogen and oxygen atoms in total. The second-order valence-electron chi connectivity index (χ2n) is 12.9. The van der Waals surface area contributed by atoms with Gasteiger partial charge in [0.1, 0.15) is 17.8 Å². The topological polar surface area (TPSA) is 124 Å². The van der Waals surface area contributed by atoms with Gasteiger partial charge in [-0.15, -0.1) is 11.8 Å². The summed E-state index contributed by atoms with van der Waals surface area (Å²) in [5.41, 5.74) is 3.84. The summed E-state index contributed by atoms with van der Waals surface area (Å²) in [6, 6.07) is 7.92. The number of likely N-dealkylation sites (N-methyl/N-ethyl adjacent to an activating group) is 1. The summed E-state index contributed by atoms with van der Waals surface area (Å²) in [7, 11) is 3.61. The number of amides is 3. The van der Waals surface area contributed by atoms with Gasteiger partial charge in [0.2, 0.25) is 11.8 Å². The van der Waals surface area contributed by atoms with Crippen LogP contribution in [0.5, 0.6) is 0 Å². The Bertz CT molecular complexity index is 1770. The van der Waals surface area contributed by atoms with Crippen LogP contribution < -0.4 is 5.32 Å². The predicted molar refractivity (Wildman–Crippen MR) is 186 cm³/mol. The first kappa shape index (κ1) is 33.6. The van der Waals surface area contributed by atoms with Crippen LogP contribution in [-0.4, -0.2) is 134 Å². The van der Waals surface area contributed by atoms with Gasteiger partial charge in [0.15, 0.2) is 5.65 Å². The van der Waals surface area contributed by atoms with Gasteiger partial charge in [-0.2, -0.15) is 10.2 Å². The first-order valence-corrected chi connectivity index (χ1v) is 17.7. The number of aryl methyl sites for hydroxylation is 1. The van der Waals surface area contributed by atoms with Crippen LogP contribution in [0, 0.1) is 12.8 Å². The Morgan fingerprint density at radius 1 is 1.02 bits per heavy atom. The maximum atomic E-state index is 13.5. The molecule has 14 heteroatoms. The van der Waals surface area contributed by atoms with E-state index in [9.17, 15) is 14.4 Å². The maximum absolute atomic E-state index is 13.5. The third-order valence-electron chi connectivity index (χ3n) is 9.34. The highest BCUT2D eigenvalue weighted by molar-refractivity contribution is 7.98. The van der Waals surface area contributed by atoms with E-state index in [1.807, 2.05) is 24.1 Å². The number of fused-ring (bicyclic) bond motifs is 1. The number of carbonyl (C=O) groups is 3. The molecule has 1 aromatic carbocycles. The summed E-state index contributed by atoms with van der Waals surface area (Å²) in [5, 5.41) is 12.1. The van der Waals surface area contributed by atoms with Crippen LogP contribution in [0.3, 0.4) is 0 Å². The largest absolute Gasteiger partial charge is 0.348 e. The summed E-state index contributed by atoms with van der Waals surface area (Å²) >= 11 is 1.63. The van der Waals surface area contributed by atoms with E-state index in [1.54, 1.807) is 64.6 Å². The normalized spacial score (nSPS) is 16.4. The van der Waals surface area contributed by atoms with E-state index < -0.39 is 0 Å². The molecule has 2 fully saturated rings. The van der Waals surface area contributed by atoms with Crippen molar-refractivity contribution in [3.63, 3.8) is 0 Å². The second-order valence-corrected chi connectivity index (χ2v) is 13.7.